The fraction of sp³-hybridized carbons (Fsp3) is 0.700. The third kappa shape index (κ3) is 2.16. The van der Waals surface area contributed by atoms with E-state index in [1.165, 1.54) is 24.9 Å². The van der Waals surface area contributed by atoms with E-state index in [0.717, 1.165) is 31.0 Å². The van der Waals surface area contributed by atoms with Crippen LogP contribution in [-0.2, 0) is 6.54 Å². The van der Waals surface area contributed by atoms with Gasteiger partial charge in [-0.1, -0.05) is 11.6 Å². The van der Waals surface area contributed by atoms with Crippen molar-refractivity contribution < 1.29 is 16.9 Å². The molecule has 0 aliphatic carbocycles. The summed E-state index contributed by atoms with van der Waals surface area (Å²) in [6.07, 6.45) is 1.93. The van der Waals surface area contributed by atoms with Crippen LogP contribution in [0.4, 0.5) is 0 Å². The molecule has 5 rings (SSSR count). The maximum absolute atomic E-state index is 5.92. The lowest BCUT2D eigenvalue weighted by Gasteiger charge is -2.60. The van der Waals surface area contributed by atoms with Crippen LogP contribution in [0.3, 0.4) is 0 Å². The summed E-state index contributed by atoms with van der Waals surface area (Å²) in [4.78, 5) is 13.0. The molecule has 4 aliphatic rings. The lowest BCUT2D eigenvalue weighted by molar-refractivity contribution is -0.991. The second-order valence-electron chi connectivity index (χ2n) is 5.44. The Balaban J connectivity index is 0.000001000. The molecule has 8 heteroatoms. The first-order chi connectivity index (χ1) is 8.21. The van der Waals surface area contributed by atoms with Gasteiger partial charge in [0.1, 0.15) is 26.6 Å². The molecule has 4 saturated heterocycles. The molecule has 0 N–H and O–H groups in total. The molecule has 1 aromatic rings. The molecule has 4 aliphatic heterocycles. The maximum atomic E-state index is 5.92. The Labute approximate surface area is 122 Å². The van der Waals surface area contributed by atoms with Crippen molar-refractivity contribution in [2.24, 2.45) is 0 Å². The molecule has 5 heterocycles. The van der Waals surface area contributed by atoms with E-state index in [2.05, 4.69) is 19.7 Å². The van der Waals surface area contributed by atoms with Gasteiger partial charge in [-0.3, -0.25) is 4.48 Å². The average Bonchev–Trinajstić information content (AvgIpc) is 2.60. The fourth-order valence-corrected chi connectivity index (χ4v) is 4.61. The van der Waals surface area contributed by atoms with E-state index in [1.807, 2.05) is 6.20 Å². The zero-order chi connectivity index (χ0) is 11.5. The number of quaternary nitrogens is 1. The number of nitrogens with zero attached hydrogens (tertiary/aromatic N) is 5. The van der Waals surface area contributed by atoms with Crippen molar-refractivity contribution in [3.05, 3.63) is 15.5 Å². The topological polar surface area (TPSA) is 22.6 Å². The highest BCUT2D eigenvalue weighted by molar-refractivity contribution is 7.15. The van der Waals surface area contributed by atoms with Gasteiger partial charge in [-0.05, 0) is 0 Å². The minimum Gasteiger partial charge on any atom is -1.00 e. The van der Waals surface area contributed by atoms with E-state index in [-0.39, 0.29) is 12.4 Å². The third-order valence-electron chi connectivity index (χ3n) is 3.72. The summed E-state index contributed by atoms with van der Waals surface area (Å²) < 4.78 is 1.79. The molecule has 0 saturated carbocycles. The standard InChI is InChI=1S/C10H15ClN5S.ClH/c11-10-12-1-9(17-10)2-16-6-13-3-14(7-16)5-15(4-13)8-16;/h1H,2-8H2;1H/q+1;/p-1. The number of thiazole rings is 1. The summed E-state index contributed by atoms with van der Waals surface area (Å²) in [5.41, 5.74) is 0. The highest BCUT2D eigenvalue weighted by atomic mass is 35.5. The van der Waals surface area contributed by atoms with E-state index < -0.39 is 0 Å². The van der Waals surface area contributed by atoms with Crippen LogP contribution in [0.2, 0.25) is 4.47 Å². The van der Waals surface area contributed by atoms with Gasteiger partial charge in [0, 0.05) is 6.20 Å². The van der Waals surface area contributed by atoms with E-state index >= 15 is 0 Å². The van der Waals surface area contributed by atoms with Crippen LogP contribution in [0, 0.1) is 0 Å². The summed E-state index contributed by atoms with van der Waals surface area (Å²) in [6, 6.07) is 0. The Hall–Kier alpha value is 0.0500. The Bertz CT molecular complexity index is 416. The molecule has 100 valence electrons. The number of rotatable bonds is 2. The predicted molar refractivity (Wildman–Crippen MR) is 65.8 cm³/mol. The van der Waals surface area contributed by atoms with Crippen molar-refractivity contribution in [2.75, 3.05) is 40.0 Å². The summed E-state index contributed by atoms with van der Waals surface area (Å²) in [5, 5.41) is 0. The van der Waals surface area contributed by atoms with Gasteiger partial charge in [0.15, 0.2) is 4.47 Å². The minimum absolute atomic E-state index is 0. The van der Waals surface area contributed by atoms with E-state index in [9.17, 15) is 0 Å². The summed E-state index contributed by atoms with van der Waals surface area (Å²) in [7, 11) is 0. The third-order valence-corrected chi connectivity index (χ3v) is 4.82. The van der Waals surface area contributed by atoms with Gasteiger partial charge >= 0.3 is 0 Å². The highest BCUT2D eigenvalue weighted by Crippen LogP contribution is 2.32. The van der Waals surface area contributed by atoms with Gasteiger partial charge < -0.3 is 12.4 Å². The maximum Gasteiger partial charge on any atom is 0.183 e. The number of halogens is 2. The van der Waals surface area contributed by atoms with E-state index in [0.29, 0.717) is 4.47 Å². The molecule has 18 heavy (non-hydrogen) atoms. The summed E-state index contributed by atoms with van der Waals surface area (Å²) in [5.74, 6) is 0. The number of hydrogen-bond acceptors (Lipinski definition) is 5. The van der Waals surface area contributed by atoms with Crippen molar-refractivity contribution >= 4 is 22.9 Å². The minimum atomic E-state index is 0. The molecule has 0 atom stereocenters. The van der Waals surface area contributed by atoms with Crippen LogP contribution < -0.4 is 12.4 Å². The normalized spacial score (nSPS) is 40.8. The first-order valence-corrected chi connectivity index (χ1v) is 7.03. The molecule has 5 nitrogen and oxygen atoms in total. The van der Waals surface area contributed by atoms with E-state index in [4.69, 9.17) is 11.6 Å². The Morgan fingerprint density at radius 1 is 1.17 bits per heavy atom. The SMILES string of the molecule is Clc1ncc(C[N+]23CN4CN(CN(C4)C2)C3)s1.[Cl-]. The van der Waals surface area contributed by atoms with Crippen molar-refractivity contribution in [2.45, 2.75) is 6.54 Å². The quantitative estimate of drug-likeness (QED) is 0.579. The molecule has 0 unspecified atom stereocenters. The second kappa shape index (κ2) is 4.56. The van der Waals surface area contributed by atoms with Crippen molar-refractivity contribution in [3.63, 3.8) is 0 Å². The van der Waals surface area contributed by atoms with Gasteiger partial charge in [0.25, 0.3) is 0 Å². The Morgan fingerprint density at radius 2 is 1.72 bits per heavy atom. The summed E-state index contributed by atoms with van der Waals surface area (Å²) in [6.45, 7) is 7.99. The first kappa shape index (κ1) is 13.1. The Morgan fingerprint density at radius 3 is 2.17 bits per heavy atom. The fourth-order valence-electron chi connectivity index (χ4n) is 3.50. The smallest absolute Gasteiger partial charge is 0.183 e. The van der Waals surface area contributed by atoms with E-state index in [1.54, 1.807) is 11.3 Å². The van der Waals surface area contributed by atoms with Crippen molar-refractivity contribution in [1.29, 1.82) is 0 Å². The predicted octanol–water partition coefficient (Wildman–Crippen LogP) is -2.19. The average molecular weight is 308 g/mol. The molecule has 0 aromatic carbocycles. The monoisotopic (exact) mass is 307 g/mol. The van der Waals surface area contributed by atoms with Crippen molar-refractivity contribution in [3.8, 4) is 0 Å². The van der Waals surface area contributed by atoms with Crippen molar-refractivity contribution in [1.82, 2.24) is 19.7 Å². The molecule has 0 spiro atoms. The van der Waals surface area contributed by atoms with Crippen LogP contribution in [0.5, 0.6) is 0 Å². The van der Waals surface area contributed by atoms with Crippen LogP contribution in [0.15, 0.2) is 6.20 Å². The second-order valence-corrected chi connectivity index (χ2v) is 7.14. The highest BCUT2D eigenvalue weighted by Gasteiger charge is 2.48. The van der Waals surface area contributed by atoms with Gasteiger partial charge in [-0.2, -0.15) is 0 Å². The largest absolute Gasteiger partial charge is 1.00 e. The molecular formula is C10H15Cl2N5S. The van der Waals surface area contributed by atoms with Crippen LogP contribution in [0.1, 0.15) is 4.88 Å². The summed E-state index contributed by atoms with van der Waals surface area (Å²) >= 11 is 7.54. The lowest BCUT2D eigenvalue weighted by atomic mass is 10.3. The molecule has 1 aromatic heterocycles. The molecule has 0 amide bonds. The Kier molecular flexibility index (Phi) is 3.30. The molecular weight excluding hydrogens is 293 g/mol. The van der Waals surface area contributed by atoms with Crippen LogP contribution in [-0.4, -0.2) is 64.2 Å². The van der Waals surface area contributed by atoms with Gasteiger partial charge in [0.05, 0.1) is 24.9 Å². The van der Waals surface area contributed by atoms with Gasteiger partial charge in [-0.25, -0.2) is 19.7 Å². The van der Waals surface area contributed by atoms with Gasteiger partial charge in [0.2, 0.25) is 0 Å². The van der Waals surface area contributed by atoms with Crippen LogP contribution >= 0.6 is 22.9 Å². The zero-order valence-electron chi connectivity index (χ0n) is 9.93. The number of aromatic nitrogens is 1. The molecule has 4 bridgehead atoms. The van der Waals surface area contributed by atoms with Crippen LogP contribution in [0.25, 0.3) is 0 Å². The first-order valence-electron chi connectivity index (χ1n) is 5.83. The zero-order valence-corrected chi connectivity index (χ0v) is 12.3. The van der Waals surface area contributed by atoms with Gasteiger partial charge in [-0.15, -0.1) is 11.3 Å². The molecule has 4 fully saturated rings. The number of hydrogen-bond donors (Lipinski definition) is 0. The molecule has 0 radical (unpaired) electrons. The lowest BCUT2D eigenvalue weighted by Crippen LogP contribution is -3.00.